The third kappa shape index (κ3) is 4.38. The molecule has 1 N–H and O–H groups in total. The van der Waals surface area contributed by atoms with Gasteiger partial charge in [0.15, 0.2) is 5.17 Å². The molecular weight excluding hydrogens is 382 g/mol. The summed E-state index contributed by atoms with van der Waals surface area (Å²) < 4.78 is 5.43. The summed E-state index contributed by atoms with van der Waals surface area (Å²) >= 11 is 1.39. The van der Waals surface area contributed by atoms with E-state index >= 15 is 0 Å². The number of nitrogens with one attached hydrogen (secondary N) is 1. The molecular formula is C23H25N3O2S. The highest BCUT2D eigenvalue weighted by atomic mass is 32.2. The first-order chi connectivity index (χ1) is 14.0. The van der Waals surface area contributed by atoms with Crippen molar-refractivity contribution in [3.63, 3.8) is 0 Å². The van der Waals surface area contributed by atoms with Crippen molar-refractivity contribution in [3.05, 3.63) is 63.6 Å². The van der Waals surface area contributed by atoms with Gasteiger partial charge in [-0.1, -0.05) is 18.2 Å². The van der Waals surface area contributed by atoms with Gasteiger partial charge in [-0.15, -0.1) is 0 Å². The first-order valence-electron chi connectivity index (χ1n) is 9.80. The van der Waals surface area contributed by atoms with E-state index in [0.29, 0.717) is 10.1 Å². The van der Waals surface area contributed by atoms with E-state index in [2.05, 4.69) is 53.3 Å². The molecule has 0 radical (unpaired) electrons. The number of thioether (sulfide) groups is 1. The number of hydrogen-bond acceptors (Lipinski definition) is 5. The minimum atomic E-state index is -0.101. The number of rotatable bonds is 3. The van der Waals surface area contributed by atoms with Crippen LogP contribution in [0.2, 0.25) is 0 Å². The third-order valence-electron chi connectivity index (χ3n) is 5.37. The van der Waals surface area contributed by atoms with Gasteiger partial charge in [-0.25, -0.2) is 4.99 Å². The minimum absolute atomic E-state index is 0.101. The molecule has 5 nitrogen and oxygen atoms in total. The molecule has 0 aliphatic carbocycles. The van der Waals surface area contributed by atoms with Crippen molar-refractivity contribution in [1.29, 1.82) is 0 Å². The van der Waals surface area contributed by atoms with Crippen LogP contribution in [0, 0.1) is 20.8 Å². The maximum atomic E-state index is 12.5. The molecule has 2 aromatic rings. The average Bonchev–Trinajstić information content (AvgIpc) is 3.06. The van der Waals surface area contributed by atoms with Crippen LogP contribution in [0.3, 0.4) is 0 Å². The summed E-state index contributed by atoms with van der Waals surface area (Å²) in [5.74, 6) is -0.101. The van der Waals surface area contributed by atoms with E-state index in [4.69, 9.17) is 4.74 Å². The van der Waals surface area contributed by atoms with Crippen LogP contribution in [-0.2, 0) is 9.53 Å². The molecule has 6 heteroatoms. The SMILES string of the molecule is Cc1cc(N2CCOCC2)ccc1/C=C1\SC(=Nc2cccc(C)c2C)NC1=O. The van der Waals surface area contributed by atoms with Crippen molar-refractivity contribution in [2.24, 2.45) is 4.99 Å². The van der Waals surface area contributed by atoms with Gasteiger partial charge in [-0.05, 0) is 79.1 Å². The number of anilines is 1. The summed E-state index contributed by atoms with van der Waals surface area (Å²) in [7, 11) is 0. The number of amides is 1. The molecule has 150 valence electrons. The number of aryl methyl sites for hydroxylation is 2. The summed E-state index contributed by atoms with van der Waals surface area (Å²) in [6, 6.07) is 12.4. The zero-order chi connectivity index (χ0) is 20.4. The predicted molar refractivity (Wildman–Crippen MR) is 121 cm³/mol. The van der Waals surface area contributed by atoms with Crippen LogP contribution in [0.1, 0.15) is 22.3 Å². The number of ether oxygens (including phenoxy) is 1. The lowest BCUT2D eigenvalue weighted by Crippen LogP contribution is -2.36. The van der Waals surface area contributed by atoms with E-state index in [0.717, 1.165) is 48.7 Å². The maximum absolute atomic E-state index is 12.5. The second kappa shape index (κ2) is 8.43. The zero-order valence-corrected chi connectivity index (χ0v) is 17.8. The molecule has 1 amide bonds. The number of aliphatic imine (C=N–C) groups is 1. The molecule has 2 aliphatic heterocycles. The molecule has 2 heterocycles. The summed E-state index contributed by atoms with van der Waals surface area (Å²) in [4.78, 5) is 20.1. The fourth-order valence-corrected chi connectivity index (χ4v) is 4.25. The average molecular weight is 408 g/mol. The van der Waals surface area contributed by atoms with Gasteiger partial charge >= 0.3 is 0 Å². The van der Waals surface area contributed by atoms with Crippen LogP contribution in [-0.4, -0.2) is 37.4 Å². The Morgan fingerprint density at radius 2 is 1.90 bits per heavy atom. The quantitative estimate of drug-likeness (QED) is 0.769. The lowest BCUT2D eigenvalue weighted by Gasteiger charge is -2.29. The van der Waals surface area contributed by atoms with Gasteiger partial charge in [0, 0.05) is 18.8 Å². The van der Waals surface area contributed by atoms with Gasteiger partial charge in [-0.3, -0.25) is 4.79 Å². The van der Waals surface area contributed by atoms with Crippen LogP contribution in [0.4, 0.5) is 11.4 Å². The Labute approximate surface area is 175 Å². The van der Waals surface area contributed by atoms with E-state index < -0.39 is 0 Å². The predicted octanol–water partition coefficient (Wildman–Crippen LogP) is 4.34. The summed E-state index contributed by atoms with van der Waals surface area (Å²) in [5, 5.41) is 3.51. The molecule has 29 heavy (non-hydrogen) atoms. The van der Waals surface area contributed by atoms with Crippen LogP contribution in [0.15, 0.2) is 46.3 Å². The Kier molecular flexibility index (Phi) is 5.74. The van der Waals surface area contributed by atoms with Gasteiger partial charge in [0.25, 0.3) is 5.91 Å². The van der Waals surface area contributed by atoms with Crippen molar-refractivity contribution in [2.75, 3.05) is 31.2 Å². The third-order valence-corrected chi connectivity index (χ3v) is 6.27. The van der Waals surface area contributed by atoms with Crippen LogP contribution in [0.5, 0.6) is 0 Å². The van der Waals surface area contributed by atoms with Gasteiger partial charge in [0.05, 0.1) is 23.8 Å². The van der Waals surface area contributed by atoms with E-state index in [-0.39, 0.29) is 5.91 Å². The number of amidine groups is 1. The van der Waals surface area contributed by atoms with E-state index in [1.807, 2.05) is 25.1 Å². The molecule has 0 bridgehead atoms. The summed E-state index contributed by atoms with van der Waals surface area (Å²) in [6.07, 6.45) is 1.95. The number of morpholine rings is 1. The van der Waals surface area contributed by atoms with Crippen LogP contribution >= 0.6 is 11.8 Å². The molecule has 0 atom stereocenters. The maximum Gasteiger partial charge on any atom is 0.264 e. The van der Waals surface area contributed by atoms with Crippen LogP contribution < -0.4 is 10.2 Å². The lowest BCUT2D eigenvalue weighted by molar-refractivity contribution is -0.115. The second-order valence-electron chi connectivity index (χ2n) is 7.34. The molecule has 2 fully saturated rings. The van der Waals surface area contributed by atoms with Crippen molar-refractivity contribution in [3.8, 4) is 0 Å². The topological polar surface area (TPSA) is 53.9 Å². The highest BCUT2D eigenvalue weighted by Gasteiger charge is 2.24. The Balaban J connectivity index is 1.54. The number of nitrogens with zero attached hydrogens (tertiary/aromatic N) is 2. The zero-order valence-electron chi connectivity index (χ0n) is 17.0. The standard InChI is InChI=1S/C23H25N3O2S/c1-15-5-4-6-20(17(15)3)24-23-25-22(27)21(29-23)14-18-7-8-19(13-16(18)2)26-9-11-28-12-10-26/h4-8,13-14H,9-12H2,1-3H3,(H,24,25,27)/b21-14-. The fourth-order valence-electron chi connectivity index (χ4n) is 3.43. The summed E-state index contributed by atoms with van der Waals surface area (Å²) in [5.41, 5.74) is 6.60. The minimum Gasteiger partial charge on any atom is -0.378 e. The lowest BCUT2D eigenvalue weighted by atomic mass is 10.1. The molecule has 0 unspecified atom stereocenters. The number of carbonyl (C=O) groups is 1. The molecule has 0 spiro atoms. The first kappa shape index (κ1) is 19.7. The second-order valence-corrected chi connectivity index (χ2v) is 8.37. The van der Waals surface area contributed by atoms with E-state index in [1.54, 1.807) is 0 Å². The Morgan fingerprint density at radius 3 is 2.66 bits per heavy atom. The van der Waals surface area contributed by atoms with Gasteiger partial charge in [0.2, 0.25) is 0 Å². The highest BCUT2D eigenvalue weighted by molar-refractivity contribution is 8.18. The van der Waals surface area contributed by atoms with Gasteiger partial charge < -0.3 is 15.0 Å². The number of carbonyl (C=O) groups excluding carboxylic acids is 1. The fraction of sp³-hybridized carbons (Fsp3) is 0.304. The van der Waals surface area contributed by atoms with Crippen molar-refractivity contribution >= 4 is 40.3 Å². The largest absolute Gasteiger partial charge is 0.378 e. The molecule has 0 saturated carbocycles. The first-order valence-corrected chi connectivity index (χ1v) is 10.6. The van der Waals surface area contributed by atoms with Crippen molar-refractivity contribution in [2.45, 2.75) is 20.8 Å². The number of benzene rings is 2. The molecule has 4 rings (SSSR count). The summed E-state index contributed by atoms with van der Waals surface area (Å²) in [6.45, 7) is 9.56. The molecule has 2 aliphatic rings. The normalized spacial score (nSPS) is 19.8. The Bertz CT molecular complexity index is 1010. The highest BCUT2D eigenvalue weighted by Crippen LogP contribution is 2.31. The molecule has 0 aromatic heterocycles. The number of hydrogen-bond donors (Lipinski definition) is 1. The van der Waals surface area contributed by atoms with Crippen molar-refractivity contribution < 1.29 is 9.53 Å². The Hall–Kier alpha value is -2.57. The smallest absolute Gasteiger partial charge is 0.264 e. The van der Waals surface area contributed by atoms with E-state index in [1.165, 1.54) is 23.0 Å². The van der Waals surface area contributed by atoms with E-state index in [9.17, 15) is 4.79 Å². The molecule has 2 saturated heterocycles. The van der Waals surface area contributed by atoms with Gasteiger partial charge in [0.1, 0.15) is 0 Å². The van der Waals surface area contributed by atoms with Crippen molar-refractivity contribution in [1.82, 2.24) is 5.32 Å². The Morgan fingerprint density at radius 1 is 1.10 bits per heavy atom. The van der Waals surface area contributed by atoms with Gasteiger partial charge in [-0.2, -0.15) is 0 Å². The monoisotopic (exact) mass is 407 g/mol. The van der Waals surface area contributed by atoms with Crippen LogP contribution in [0.25, 0.3) is 6.08 Å². The molecule has 2 aromatic carbocycles.